The van der Waals surface area contributed by atoms with Gasteiger partial charge in [-0.05, 0) is 31.2 Å². The monoisotopic (exact) mass is 261 g/mol. The van der Waals surface area contributed by atoms with Crippen LogP contribution in [-0.2, 0) is 11.2 Å². The predicted molar refractivity (Wildman–Crippen MR) is 77.8 cm³/mol. The summed E-state index contributed by atoms with van der Waals surface area (Å²) in [7, 11) is 0. The summed E-state index contributed by atoms with van der Waals surface area (Å²) < 4.78 is 0. The number of carbonyl (C=O) groups excluding carboxylic acids is 1. The van der Waals surface area contributed by atoms with Crippen molar-refractivity contribution >= 4 is 18.5 Å². The van der Waals surface area contributed by atoms with Gasteiger partial charge in [-0.1, -0.05) is 42.5 Å². The number of allylic oxidation sites excluding steroid dienone is 1. The molecule has 0 radical (unpaired) electrons. The SMILES string of the molecule is O=C(NC1CC=CCC1)C(S)Cc1ccccc1. The Bertz CT molecular complexity index is 416. The summed E-state index contributed by atoms with van der Waals surface area (Å²) in [5, 5.41) is 2.81. The Balaban J connectivity index is 1.83. The minimum absolute atomic E-state index is 0.0440. The molecule has 3 heteroatoms. The van der Waals surface area contributed by atoms with Gasteiger partial charge < -0.3 is 5.32 Å². The van der Waals surface area contributed by atoms with Gasteiger partial charge in [-0.3, -0.25) is 4.79 Å². The molecular formula is C15H19NOS. The lowest BCUT2D eigenvalue weighted by Gasteiger charge is -2.21. The fourth-order valence-electron chi connectivity index (χ4n) is 2.15. The molecule has 0 bridgehead atoms. The average molecular weight is 261 g/mol. The lowest BCUT2D eigenvalue weighted by molar-refractivity contribution is -0.121. The van der Waals surface area contributed by atoms with Crippen LogP contribution in [0.4, 0.5) is 0 Å². The molecule has 1 aromatic carbocycles. The Kier molecular flexibility index (Phi) is 4.88. The molecule has 2 rings (SSSR count). The van der Waals surface area contributed by atoms with E-state index in [1.165, 1.54) is 0 Å². The number of hydrogen-bond donors (Lipinski definition) is 2. The topological polar surface area (TPSA) is 29.1 Å². The van der Waals surface area contributed by atoms with E-state index in [-0.39, 0.29) is 17.2 Å². The van der Waals surface area contributed by atoms with Gasteiger partial charge in [0.25, 0.3) is 0 Å². The minimum atomic E-state index is -0.265. The first-order valence-electron chi connectivity index (χ1n) is 6.43. The molecule has 1 N–H and O–H groups in total. The first kappa shape index (κ1) is 13.2. The number of amides is 1. The van der Waals surface area contributed by atoms with Crippen LogP contribution in [0.3, 0.4) is 0 Å². The van der Waals surface area contributed by atoms with Crippen molar-refractivity contribution in [3.05, 3.63) is 48.0 Å². The first-order valence-corrected chi connectivity index (χ1v) is 6.94. The van der Waals surface area contributed by atoms with Crippen LogP contribution >= 0.6 is 12.6 Å². The number of carbonyl (C=O) groups is 1. The Labute approximate surface area is 114 Å². The third-order valence-electron chi connectivity index (χ3n) is 3.19. The Morgan fingerprint density at radius 1 is 1.33 bits per heavy atom. The number of hydrogen-bond acceptors (Lipinski definition) is 2. The molecule has 96 valence electrons. The molecule has 1 aliphatic rings. The van der Waals surface area contributed by atoms with Gasteiger partial charge in [0.2, 0.25) is 5.91 Å². The molecule has 2 atom stereocenters. The van der Waals surface area contributed by atoms with Crippen LogP contribution in [-0.4, -0.2) is 17.2 Å². The number of benzene rings is 1. The molecule has 0 heterocycles. The van der Waals surface area contributed by atoms with Crippen molar-refractivity contribution in [1.82, 2.24) is 5.32 Å². The molecule has 0 aromatic heterocycles. The molecule has 18 heavy (non-hydrogen) atoms. The number of nitrogens with one attached hydrogen (secondary N) is 1. The maximum atomic E-state index is 12.0. The maximum Gasteiger partial charge on any atom is 0.233 e. The van der Waals surface area contributed by atoms with E-state index in [1.807, 2.05) is 30.3 Å². The zero-order chi connectivity index (χ0) is 12.8. The van der Waals surface area contributed by atoms with Gasteiger partial charge >= 0.3 is 0 Å². The lowest BCUT2D eigenvalue weighted by Crippen LogP contribution is -2.40. The van der Waals surface area contributed by atoms with E-state index in [0.717, 1.165) is 24.8 Å². The van der Waals surface area contributed by atoms with E-state index in [0.29, 0.717) is 6.42 Å². The van der Waals surface area contributed by atoms with Crippen molar-refractivity contribution in [2.24, 2.45) is 0 Å². The van der Waals surface area contributed by atoms with Crippen molar-refractivity contribution in [3.63, 3.8) is 0 Å². The fraction of sp³-hybridized carbons (Fsp3) is 0.400. The van der Waals surface area contributed by atoms with Crippen LogP contribution in [0.1, 0.15) is 24.8 Å². The van der Waals surface area contributed by atoms with Crippen molar-refractivity contribution < 1.29 is 4.79 Å². The van der Waals surface area contributed by atoms with Crippen molar-refractivity contribution in [2.75, 3.05) is 0 Å². The summed E-state index contributed by atoms with van der Waals surface area (Å²) in [6.07, 6.45) is 8.02. The smallest absolute Gasteiger partial charge is 0.233 e. The summed E-state index contributed by atoms with van der Waals surface area (Å²) in [5.41, 5.74) is 1.15. The van der Waals surface area contributed by atoms with Crippen LogP contribution < -0.4 is 5.32 Å². The largest absolute Gasteiger partial charge is 0.352 e. The Morgan fingerprint density at radius 2 is 2.11 bits per heavy atom. The Morgan fingerprint density at radius 3 is 2.78 bits per heavy atom. The van der Waals surface area contributed by atoms with Crippen LogP contribution in [0.25, 0.3) is 0 Å². The van der Waals surface area contributed by atoms with E-state index >= 15 is 0 Å². The Hall–Kier alpha value is -1.22. The minimum Gasteiger partial charge on any atom is -0.352 e. The third kappa shape index (κ3) is 3.91. The zero-order valence-electron chi connectivity index (χ0n) is 10.4. The van der Waals surface area contributed by atoms with E-state index in [4.69, 9.17) is 0 Å². The van der Waals surface area contributed by atoms with Gasteiger partial charge in [-0.2, -0.15) is 12.6 Å². The first-order chi connectivity index (χ1) is 8.75. The summed E-state index contributed by atoms with van der Waals surface area (Å²) in [5.74, 6) is 0.0440. The molecular weight excluding hydrogens is 242 g/mol. The third-order valence-corrected chi connectivity index (χ3v) is 3.61. The normalized spacial score (nSPS) is 20.4. The summed E-state index contributed by atoms with van der Waals surface area (Å²) >= 11 is 4.41. The van der Waals surface area contributed by atoms with Crippen molar-refractivity contribution in [1.29, 1.82) is 0 Å². The van der Waals surface area contributed by atoms with Crippen molar-refractivity contribution in [3.8, 4) is 0 Å². The fourth-order valence-corrected chi connectivity index (χ4v) is 2.44. The van der Waals surface area contributed by atoms with E-state index < -0.39 is 0 Å². The molecule has 1 amide bonds. The molecule has 2 nitrogen and oxygen atoms in total. The standard InChI is InChI=1S/C15H19NOS/c17-15(16-13-9-5-2-6-10-13)14(18)11-12-7-3-1-4-8-12/h1-5,7-8,13-14,18H,6,9-11H2,(H,16,17). The highest BCUT2D eigenvalue weighted by atomic mass is 32.1. The van der Waals surface area contributed by atoms with Crippen LogP contribution in [0.15, 0.2) is 42.5 Å². The van der Waals surface area contributed by atoms with Gasteiger partial charge in [0.05, 0.1) is 5.25 Å². The number of rotatable bonds is 4. The highest BCUT2D eigenvalue weighted by molar-refractivity contribution is 7.81. The molecule has 0 aliphatic heterocycles. The van der Waals surface area contributed by atoms with Gasteiger partial charge in [0, 0.05) is 6.04 Å². The van der Waals surface area contributed by atoms with E-state index in [9.17, 15) is 4.79 Å². The highest BCUT2D eigenvalue weighted by Gasteiger charge is 2.18. The lowest BCUT2D eigenvalue weighted by atomic mass is 10.0. The van der Waals surface area contributed by atoms with Gasteiger partial charge in [-0.15, -0.1) is 0 Å². The zero-order valence-corrected chi connectivity index (χ0v) is 11.3. The van der Waals surface area contributed by atoms with Crippen LogP contribution in [0.5, 0.6) is 0 Å². The van der Waals surface area contributed by atoms with E-state index in [2.05, 4.69) is 30.1 Å². The second kappa shape index (κ2) is 6.64. The van der Waals surface area contributed by atoms with Crippen molar-refractivity contribution in [2.45, 2.75) is 37.0 Å². The van der Waals surface area contributed by atoms with Gasteiger partial charge in [-0.25, -0.2) is 0 Å². The molecule has 1 aromatic rings. The second-order valence-electron chi connectivity index (χ2n) is 4.70. The molecule has 2 unspecified atom stereocenters. The molecule has 0 saturated carbocycles. The summed E-state index contributed by atoms with van der Waals surface area (Å²) in [6.45, 7) is 0. The maximum absolute atomic E-state index is 12.0. The molecule has 0 fully saturated rings. The molecule has 1 aliphatic carbocycles. The summed E-state index contributed by atoms with van der Waals surface area (Å²) in [4.78, 5) is 12.0. The quantitative estimate of drug-likeness (QED) is 0.633. The van der Waals surface area contributed by atoms with Gasteiger partial charge in [0.15, 0.2) is 0 Å². The average Bonchev–Trinajstić information content (AvgIpc) is 2.41. The molecule has 0 saturated heterocycles. The van der Waals surface area contributed by atoms with Crippen LogP contribution in [0.2, 0.25) is 0 Å². The second-order valence-corrected chi connectivity index (χ2v) is 5.32. The van der Waals surface area contributed by atoms with Crippen LogP contribution in [0, 0.1) is 0 Å². The summed E-state index contributed by atoms with van der Waals surface area (Å²) in [6, 6.07) is 10.3. The highest BCUT2D eigenvalue weighted by Crippen LogP contribution is 2.13. The number of thiol groups is 1. The molecule has 0 spiro atoms. The van der Waals surface area contributed by atoms with Gasteiger partial charge in [0.1, 0.15) is 0 Å². The van der Waals surface area contributed by atoms with E-state index in [1.54, 1.807) is 0 Å². The predicted octanol–water partition coefficient (Wildman–Crippen LogP) is 2.75.